The number of hydrogen-bond acceptors (Lipinski definition) is 4. The van der Waals surface area contributed by atoms with Gasteiger partial charge in [-0.2, -0.15) is 4.73 Å². The average Bonchev–Trinajstić information content (AvgIpc) is 2.64. The van der Waals surface area contributed by atoms with Gasteiger partial charge in [0, 0.05) is 31.8 Å². The van der Waals surface area contributed by atoms with Gasteiger partial charge in [0.15, 0.2) is 12.4 Å². The van der Waals surface area contributed by atoms with Crippen LogP contribution in [0.25, 0.3) is 0 Å². The molecule has 0 aliphatic carbocycles. The molecule has 24 heavy (non-hydrogen) atoms. The lowest BCUT2D eigenvalue weighted by Gasteiger charge is -2.34. The van der Waals surface area contributed by atoms with Crippen LogP contribution in [0.5, 0.6) is 0 Å². The third kappa shape index (κ3) is 4.10. The number of rotatable bonds is 5. The standard InChI is InChI=1S/C18H21N3O3/c22-18(16-6-8-21(23)9-7-16)19-14-17(15-4-2-1-3-5-15)20-10-12-24-13-11-20/h1-9,17H,10-14H2,(H,19,22). The van der Waals surface area contributed by atoms with Crippen molar-refractivity contribution in [2.75, 3.05) is 32.8 Å². The van der Waals surface area contributed by atoms with Crippen LogP contribution in [0.4, 0.5) is 0 Å². The van der Waals surface area contributed by atoms with Crippen LogP contribution >= 0.6 is 0 Å². The second-order valence-electron chi connectivity index (χ2n) is 5.73. The van der Waals surface area contributed by atoms with E-state index in [1.165, 1.54) is 30.1 Å². The Kier molecular flexibility index (Phi) is 5.40. The number of pyridine rings is 1. The maximum Gasteiger partial charge on any atom is 0.251 e. The average molecular weight is 327 g/mol. The van der Waals surface area contributed by atoms with Gasteiger partial charge in [-0.05, 0) is 5.56 Å². The number of morpholine rings is 1. The SMILES string of the molecule is O=C(NCC(c1ccccc1)N1CCOCC1)c1cc[n+]([O-])cc1. The van der Waals surface area contributed by atoms with Crippen molar-refractivity contribution in [1.82, 2.24) is 10.2 Å². The smallest absolute Gasteiger partial charge is 0.251 e. The number of nitrogens with zero attached hydrogens (tertiary/aromatic N) is 2. The Morgan fingerprint density at radius 3 is 2.50 bits per heavy atom. The van der Waals surface area contributed by atoms with Crippen LogP contribution in [-0.4, -0.2) is 43.7 Å². The lowest BCUT2D eigenvalue weighted by atomic mass is 10.0. The first-order valence-corrected chi connectivity index (χ1v) is 8.08. The van der Waals surface area contributed by atoms with E-state index in [-0.39, 0.29) is 11.9 Å². The van der Waals surface area contributed by atoms with Crippen molar-refractivity contribution >= 4 is 5.91 Å². The first kappa shape index (κ1) is 16.4. The van der Waals surface area contributed by atoms with Gasteiger partial charge in [-0.15, -0.1) is 0 Å². The van der Waals surface area contributed by atoms with Crippen LogP contribution in [0, 0.1) is 5.21 Å². The molecule has 1 aliphatic rings. The lowest BCUT2D eigenvalue weighted by molar-refractivity contribution is -0.605. The summed E-state index contributed by atoms with van der Waals surface area (Å²) in [5.74, 6) is -0.176. The molecule has 2 aromatic rings. The summed E-state index contributed by atoms with van der Waals surface area (Å²) in [6.45, 7) is 3.61. The molecule has 6 nitrogen and oxygen atoms in total. The summed E-state index contributed by atoms with van der Waals surface area (Å²) in [4.78, 5) is 14.6. The fourth-order valence-electron chi connectivity index (χ4n) is 2.88. The highest BCUT2D eigenvalue weighted by Gasteiger charge is 2.23. The minimum absolute atomic E-state index is 0.104. The van der Waals surface area contributed by atoms with Gasteiger partial charge in [0.25, 0.3) is 5.91 Å². The Labute approximate surface area is 141 Å². The van der Waals surface area contributed by atoms with Crippen molar-refractivity contribution < 1.29 is 14.3 Å². The summed E-state index contributed by atoms with van der Waals surface area (Å²) in [5.41, 5.74) is 1.65. The highest BCUT2D eigenvalue weighted by Crippen LogP contribution is 2.21. The Morgan fingerprint density at radius 1 is 1.17 bits per heavy atom. The maximum atomic E-state index is 12.3. The van der Waals surface area contributed by atoms with E-state index in [4.69, 9.17) is 4.74 Å². The van der Waals surface area contributed by atoms with E-state index in [0.29, 0.717) is 30.1 Å². The summed E-state index contributed by atoms with van der Waals surface area (Å²) in [6, 6.07) is 13.3. The van der Waals surface area contributed by atoms with Crippen molar-refractivity contribution in [3.63, 3.8) is 0 Å². The van der Waals surface area contributed by atoms with Crippen LogP contribution in [0.2, 0.25) is 0 Å². The molecule has 1 unspecified atom stereocenters. The summed E-state index contributed by atoms with van der Waals surface area (Å²) in [5, 5.41) is 14.0. The van der Waals surface area contributed by atoms with Crippen molar-refractivity contribution in [3.05, 3.63) is 71.2 Å². The van der Waals surface area contributed by atoms with Gasteiger partial charge in [-0.1, -0.05) is 30.3 Å². The predicted molar refractivity (Wildman–Crippen MR) is 89.3 cm³/mol. The normalized spacial score (nSPS) is 16.5. The monoisotopic (exact) mass is 327 g/mol. The Morgan fingerprint density at radius 2 is 1.83 bits per heavy atom. The molecule has 0 bridgehead atoms. The van der Waals surface area contributed by atoms with Crippen LogP contribution < -0.4 is 10.0 Å². The topological polar surface area (TPSA) is 68.5 Å². The summed E-state index contributed by atoms with van der Waals surface area (Å²) in [6.07, 6.45) is 2.65. The molecule has 0 radical (unpaired) electrons. The van der Waals surface area contributed by atoms with Crippen molar-refractivity contribution in [3.8, 4) is 0 Å². The minimum Gasteiger partial charge on any atom is -0.619 e. The highest BCUT2D eigenvalue weighted by molar-refractivity contribution is 5.93. The minimum atomic E-state index is -0.176. The molecule has 1 fully saturated rings. The number of carbonyl (C=O) groups excluding carboxylic acids is 1. The summed E-state index contributed by atoms with van der Waals surface area (Å²) < 4.78 is 6.09. The molecular formula is C18H21N3O3. The van der Waals surface area contributed by atoms with Crippen molar-refractivity contribution in [2.24, 2.45) is 0 Å². The molecule has 1 atom stereocenters. The van der Waals surface area contributed by atoms with Crippen molar-refractivity contribution in [1.29, 1.82) is 0 Å². The van der Waals surface area contributed by atoms with Gasteiger partial charge in [-0.25, -0.2) is 0 Å². The van der Waals surface area contributed by atoms with Gasteiger partial charge in [0.1, 0.15) is 0 Å². The van der Waals surface area contributed by atoms with Crippen LogP contribution in [0.3, 0.4) is 0 Å². The van der Waals surface area contributed by atoms with Gasteiger partial charge in [-0.3, -0.25) is 9.69 Å². The molecule has 2 heterocycles. The number of ether oxygens (including phenoxy) is 1. The summed E-state index contributed by atoms with van der Waals surface area (Å²) in [7, 11) is 0. The summed E-state index contributed by atoms with van der Waals surface area (Å²) >= 11 is 0. The number of nitrogens with one attached hydrogen (secondary N) is 1. The van der Waals surface area contributed by atoms with E-state index in [0.717, 1.165) is 13.1 Å². The van der Waals surface area contributed by atoms with Gasteiger partial charge < -0.3 is 15.3 Å². The molecule has 126 valence electrons. The van der Waals surface area contributed by atoms with E-state index >= 15 is 0 Å². The number of benzene rings is 1. The van der Waals surface area contributed by atoms with Crippen LogP contribution in [0.1, 0.15) is 22.0 Å². The van der Waals surface area contributed by atoms with Crippen LogP contribution in [0.15, 0.2) is 54.9 Å². The van der Waals surface area contributed by atoms with Crippen molar-refractivity contribution in [2.45, 2.75) is 6.04 Å². The molecular weight excluding hydrogens is 306 g/mol. The Balaban J connectivity index is 1.69. The van der Waals surface area contributed by atoms with E-state index in [1.54, 1.807) is 0 Å². The fraction of sp³-hybridized carbons (Fsp3) is 0.333. The number of carbonyl (C=O) groups is 1. The maximum absolute atomic E-state index is 12.3. The van der Waals surface area contributed by atoms with Gasteiger partial charge in [0.2, 0.25) is 0 Å². The highest BCUT2D eigenvalue weighted by atomic mass is 16.5. The number of aromatic nitrogens is 1. The Bertz CT molecular complexity index is 655. The molecule has 1 aromatic heterocycles. The second-order valence-corrected chi connectivity index (χ2v) is 5.73. The first-order chi connectivity index (χ1) is 11.7. The molecule has 1 aromatic carbocycles. The van der Waals surface area contributed by atoms with E-state index in [1.807, 2.05) is 18.2 Å². The largest absolute Gasteiger partial charge is 0.619 e. The number of amides is 1. The quantitative estimate of drug-likeness (QED) is 0.660. The second kappa shape index (κ2) is 7.90. The van der Waals surface area contributed by atoms with E-state index < -0.39 is 0 Å². The molecule has 1 amide bonds. The third-order valence-electron chi connectivity index (χ3n) is 4.19. The van der Waals surface area contributed by atoms with E-state index in [2.05, 4.69) is 22.3 Å². The third-order valence-corrected chi connectivity index (χ3v) is 4.19. The Hall–Kier alpha value is -2.44. The molecule has 0 saturated carbocycles. The molecule has 1 saturated heterocycles. The molecule has 3 rings (SSSR count). The fourth-order valence-corrected chi connectivity index (χ4v) is 2.88. The number of hydrogen-bond donors (Lipinski definition) is 1. The molecule has 1 N–H and O–H groups in total. The lowest BCUT2D eigenvalue weighted by Crippen LogP contribution is -2.43. The molecule has 1 aliphatic heterocycles. The van der Waals surface area contributed by atoms with E-state index in [9.17, 15) is 10.0 Å². The first-order valence-electron chi connectivity index (χ1n) is 8.08. The zero-order valence-electron chi connectivity index (χ0n) is 13.4. The zero-order chi connectivity index (χ0) is 16.8. The molecule has 6 heteroatoms. The van der Waals surface area contributed by atoms with Gasteiger partial charge in [0.05, 0.1) is 24.8 Å². The zero-order valence-corrected chi connectivity index (χ0v) is 13.4. The van der Waals surface area contributed by atoms with Crippen LogP contribution in [-0.2, 0) is 4.74 Å². The van der Waals surface area contributed by atoms with Gasteiger partial charge >= 0.3 is 0 Å². The molecule has 0 spiro atoms. The predicted octanol–water partition coefficient (Wildman–Crippen LogP) is 1.12.